The number of anilines is 1. The summed E-state index contributed by atoms with van der Waals surface area (Å²) in [5.41, 5.74) is 4.86. The largest absolute Gasteiger partial charge is 0.416 e. The Bertz CT molecular complexity index is 939. The fourth-order valence-electron chi connectivity index (χ4n) is 4.84. The maximum atomic E-state index is 13.6. The van der Waals surface area contributed by atoms with Crippen LogP contribution in [0.3, 0.4) is 0 Å². The Morgan fingerprint density at radius 1 is 1.03 bits per heavy atom. The quantitative estimate of drug-likeness (QED) is 0.734. The van der Waals surface area contributed by atoms with Gasteiger partial charge in [0.2, 0.25) is 5.91 Å². The minimum atomic E-state index is -4.43. The van der Waals surface area contributed by atoms with Crippen molar-refractivity contribution in [2.45, 2.75) is 24.4 Å². The summed E-state index contributed by atoms with van der Waals surface area (Å²) in [5.74, 6) is 0.842. The van der Waals surface area contributed by atoms with Gasteiger partial charge in [0.05, 0.1) is 18.3 Å². The molecule has 0 unspecified atom stereocenters. The molecular formula is C23H29F3N6O. The van der Waals surface area contributed by atoms with Crippen molar-refractivity contribution in [3.63, 3.8) is 0 Å². The topological polar surface area (TPSA) is 78.6 Å². The highest BCUT2D eigenvalue weighted by Crippen LogP contribution is 2.42. The molecule has 3 heterocycles. The number of halogens is 3. The number of rotatable bonds is 5. The molecule has 0 radical (unpaired) electrons. The predicted molar refractivity (Wildman–Crippen MR) is 119 cm³/mol. The average Bonchev–Trinajstić information content (AvgIpc) is 2.84. The number of alkyl halides is 3. The first-order valence-corrected chi connectivity index (χ1v) is 11.2. The van der Waals surface area contributed by atoms with Crippen LogP contribution in [0.25, 0.3) is 0 Å². The molecule has 178 valence electrons. The first-order valence-electron chi connectivity index (χ1n) is 11.2. The Morgan fingerprint density at radius 2 is 1.73 bits per heavy atom. The Balaban J connectivity index is 1.34. The van der Waals surface area contributed by atoms with E-state index in [1.54, 1.807) is 29.6 Å². The van der Waals surface area contributed by atoms with Gasteiger partial charge in [-0.25, -0.2) is 4.98 Å². The molecule has 0 saturated carbocycles. The van der Waals surface area contributed by atoms with E-state index in [-0.39, 0.29) is 18.0 Å². The van der Waals surface area contributed by atoms with E-state index in [9.17, 15) is 18.0 Å². The molecule has 2 fully saturated rings. The van der Waals surface area contributed by atoms with E-state index in [2.05, 4.69) is 19.8 Å². The van der Waals surface area contributed by atoms with Gasteiger partial charge in [0, 0.05) is 63.6 Å². The first-order chi connectivity index (χ1) is 15.8. The molecule has 2 aromatic rings. The SMILES string of the molecule is NCC1(c2ccccc2C(F)(F)F)CCN(C(=O)CN2CCN(c3cnccn3)CC2)CC1. The van der Waals surface area contributed by atoms with Crippen LogP contribution in [-0.4, -0.2) is 78.0 Å². The smallest absolute Gasteiger partial charge is 0.353 e. The summed E-state index contributed by atoms with van der Waals surface area (Å²) in [6.07, 6.45) is 1.44. The number of amides is 1. The van der Waals surface area contributed by atoms with E-state index in [0.717, 1.165) is 38.1 Å². The minimum Gasteiger partial charge on any atom is -0.353 e. The summed E-state index contributed by atoms with van der Waals surface area (Å²) in [7, 11) is 0. The zero-order valence-corrected chi connectivity index (χ0v) is 18.5. The van der Waals surface area contributed by atoms with Crippen LogP contribution in [0.5, 0.6) is 0 Å². The number of hydrogen-bond acceptors (Lipinski definition) is 6. The van der Waals surface area contributed by atoms with Gasteiger partial charge in [-0.05, 0) is 24.5 Å². The van der Waals surface area contributed by atoms with Gasteiger partial charge in [0.15, 0.2) is 0 Å². The molecule has 1 aromatic heterocycles. The molecule has 1 aromatic carbocycles. The molecule has 2 N–H and O–H groups in total. The van der Waals surface area contributed by atoms with Crippen LogP contribution in [0.4, 0.5) is 19.0 Å². The van der Waals surface area contributed by atoms with Crippen molar-refractivity contribution in [1.29, 1.82) is 0 Å². The van der Waals surface area contributed by atoms with Crippen molar-refractivity contribution in [1.82, 2.24) is 19.8 Å². The van der Waals surface area contributed by atoms with Crippen molar-refractivity contribution in [3.8, 4) is 0 Å². The molecule has 2 aliphatic heterocycles. The van der Waals surface area contributed by atoms with Gasteiger partial charge in [0.25, 0.3) is 0 Å². The third-order valence-corrected chi connectivity index (χ3v) is 6.87. The number of piperazine rings is 1. The van der Waals surface area contributed by atoms with Crippen molar-refractivity contribution >= 4 is 11.7 Å². The highest BCUT2D eigenvalue weighted by Gasteiger charge is 2.43. The highest BCUT2D eigenvalue weighted by atomic mass is 19.4. The molecule has 0 spiro atoms. The number of hydrogen-bond donors (Lipinski definition) is 1. The lowest BCUT2D eigenvalue weighted by Crippen LogP contribution is -2.53. The fourth-order valence-corrected chi connectivity index (χ4v) is 4.84. The van der Waals surface area contributed by atoms with Crippen LogP contribution in [0.15, 0.2) is 42.9 Å². The number of nitrogens with two attached hydrogens (primary N) is 1. The van der Waals surface area contributed by atoms with Crippen LogP contribution < -0.4 is 10.6 Å². The standard InChI is InChI=1S/C23H29F3N6O/c24-23(25,26)19-4-2-1-3-18(19)22(17-27)5-9-32(10-6-22)21(33)16-30-11-13-31(14-12-30)20-15-28-7-8-29-20/h1-4,7-8,15H,5-6,9-14,16-17,27H2. The van der Waals surface area contributed by atoms with Crippen molar-refractivity contribution in [3.05, 3.63) is 54.0 Å². The second-order valence-electron chi connectivity index (χ2n) is 8.74. The van der Waals surface area contributed by atoms with E-state index >= 15 is 0 Å². The second kappa shape index (κ2) is 9.64. The maximum absolute atomic E-state index is 13.6. The molecule has 0 bridgehead atoms. The molecule has 1 amide bonds. The molecule has 33 heavy (non-hydrogen) atoms. The maximum Gasteiger partial charge on any atom is 0.416 e. The fraction of sp³-hybridized carbons (Fsp3) is 0.522. The normalized spacial score (nSPS) is 19.5. The molecule has 10 heteroatoms. The average molecular weight is 463 g/mol. The lowest BCUT2D eigenvalue weighted by atomic mass is 9.71. The van der Waals surface area contributed by atoms with Gasteiger partial charge >= 0.3 is 6.18 Å². The molecule has 2 aliphatic rings. The monoisotopic (exact) mass is 462 g/mol. The number of nitrogens with zero attached hydrogens (tertiary/aromatic N) is 5. The zero-order chi connectivity index (χ0) is 23.5. The second-order valence-corrected chi connectivity index (χ2v) is 8.74. The summed E-state index contributed by atoms with van der Waals surface area (Å²) in [5, 5.41) is 0. The number of benzene rings is 1. The van der Waals surface area contributed by atoms with Crippen molar-refractivity contribution in [2.75, 3.05) is 57.3 Å². The number of aromatic nitrogens is 2. The molecule has 0 aliphatic carbocycles. The summed E-state index contributed by atoms with van der Waals surface area (Å²) < 4.78 is 40.8. The lowest BCUT2D eigenvalue weighted by molar-refractivity contribution is -0.140. The Kier molecular flexibility index (Phi) is 6.85. The number of carbonyl (C=O) groups is 1. The van der Waals surface area contributed by atoms with Gasteiger partial charge in [-0.15, -0.1) is 0 Å². The van der Waals surface area contributed by atoms with Crippen LogP contribution in [0.1, 0.15) is 24.0 Å². The Labute approximate surface area is 191 Å². The van der Waals surface area contributed by atoms with E-state index in [4.69, 9.17) is 5.73 Å². The van der Waals surface area contributed by atoms with Gasteiger partial charge in [-0.2, -0.15) is 13.2 Å². The van der Waals surface area contributed by atoms with Gasteiger partial charge in [-0.3, -0.25) is 14.7 Å². The molecular weight excluding hydrogens is 433 g/mol. The summed E-state index contributed by atoms with van der Waals surface area (Å²) in [6, 6.07) is 5.67. The number of likely N-dealkylation sites (tertiary alicyclic amines) is 1. The Morgan fingerprint density at radius 3 is 2.33 bits per heavy atom. The van der Waals surface area contributed by atoms with E-state index < -0.39 is 17.2 Å². The van der Waals surface area contributed by atoms with E-state index in [0.29, 0.717) is 32.5 Å². The van der Waals surface area contributed by atoms with Crippen LogP contribution in [0, 0.1) is 0 Å². The molecule has 7 nitrogen and oxygen atoms in total. The third-order valence-electron chi connectivity index (χ3n) is 6.87. The molecule has 0 atom stereocenters. The highest BCUT2D eigenvalue weighted by molar-refractivity contribution is 5.78. The summed E-state index contributed by atoms with van der Waals surface area (Å²) in [6.45, 7) is 4.23. The number of piperidine rings is 1. The zero-order valence-electron chi connectivity index (χ0n) is 18.5. The first kappa shape index (κ1) is 23.4. The summed E-state index contributed by atoms with van der Waals surface area (Å²) in [4.78, 5) is 27.3. The predicted octanol–water partition coefficient (Wildman–Crippen LogP) is 2.14. The van der Waals surface area contributed by atoms with Crippen LogP contribution in [0.2, 0.25) is 0 Å². The van der Waals surface area contributed by atoms with Crippen LogP contribution in [-0.2, 0) is 16.4 Å². The lowest BCUT2D eigenvalue weighted by Gasteiger charge is -2.43. The summed E-state index contributed by atoms with van der Waals surface area (Å²) >= 11 is 0. The Hall–Kier alpha value is -2.72. The van der Waals surface area contributed by atoms with E-state index in [1.165, 1.54) is 12.1 Å². The molecule has 4 rings (SSSR count). The number of carbonyl (C=O) groups excluding carboxylic acids is 1. The minimum absolute atomic E-state index is 0.0117. The van der Waals surface area contributed by atoms with Crippen molar-refractivity contribution < 1.29 is 18.0 Å². The van der Waals surface area contributed by atoms with Crippen LogP contribution >= 0.6 is 0 Å². The van der Waals surface area contributed by atoms with Gasteiger partial charge < -0.3 is 15.5 Å². The van der Waals surface area contributed by atoms with Crippen molar-refractivity contribution in [2.24, 2.45) is 5.73 Å². The van der Waals surface area contributed by atoms with E-state index in [1.807, 2.05) is 0 Å². The molecule has 2 saturated heterocycles. The van der Waals surface area contributed by atoms with Gasteiger partial charge in [-0.1, -0.05) is 18.2 Å². The third kappa shape index (κ3) is 5.11. The van der Waals surface area contributed by atoms with Gasteiger partial charge in [0.1, 0.15) is 5.82 Å².